The summed E-state index contributed by atoms with van der Waals surface area (Å²) < 4.78 is 0. The van der Waals surface area contributed by atoms with Crippen molar-refractivity contribution < 1.29 is 9.59 Å². The van der Waals surface area contributed by atoms with Gasteiger partial charge in [-0.15, -0.1) is 0 Å². The first kappa shape index (κ1) is 30.5. The maximum atomic E-state index is 12.7. The van der Waals surface area contributed by atoms with Crippen molar-refractivity contribution in [1.29, 1.82) is 0 Å². The van der Waals surface area contributed by atoms with Crippen molar-refractivity contribution in [1.82, 2.24) is 19.9 Å². The van der Waals surface area contributed by atoms with E-state index < -0.39 is 0 Å². The molecule has 0 radical (unpaired) electrons. The van der Waals surface area contributed by atoms with Gasteiger partial charge in [0, 0.05) is 11.4 Å². The van der Waals surface area contributed by atoms with Crippen LogP contribution in [0, 0.1) is 27.7 Å². The number of anilines is 2. The Kier molecular flexibility index (Phi) is 8.95. The number of hydrogen-bond acceptors (Lipinski definition) is 6. The van der Waals surface area contributed by atoms with E-state index in [-0.39, 0.29) is 23.3 Å². The molecule has 6 aromatic rings. The van der Waals surface area contributed by atoms with Crippen LogP contribution < -0.4 is 10.6 Å². The molecule has 0 aliphatic rings. The lowest BCUT2D eigenvalue weighted by molar-refractivity contribution is -0.114. The van der Waals surface area contributed by atoms with Gasteiger partial charge in [-0.3, -0.25) is 9.59 Å². The Morgan fingerprint density at radius 2 is 1.07 bits per heavy atom. The molecule has 0 aliphatic heterocycles. The predicted octanol–water partition coefficient (Wildman–Crippen LogP) is 7.73. The summed E-state index contributed by atoms with van der Waals surface area (Å²) in [7, 11) is 0. The number of carbonyl (C=O) groups is 2. The number of fused-ring (bicyclic) bond motifs is 2. The number of H-pyrrole nitrogens is 2. The van der Waals surface area contributed by atoms with Crippen LogP contribution in [0.2, 0.25) is 0 Å². The number of aryl methyl sites for hydroxylation is 4. The molecule has 8 nitrogen and oxygen atoms in total. The van der Waals surface area contributed by atoms with E-state index in [1.54, 1.807) is 0 Å². The van der Waals surface area contributed by atoms with Gasteiger partial charge in [-0.2, -0.15) is 0 Å². The van der Waals surface area contributed by atoms with Crippen LogP contribution in [0.5, 0.6) is 0 Å². The summed E-state index contributed by atoms with van der Waals surface area (Å²) in [5, 5.41) is 7.52. The van der Waals surface area contributed by atoms with Gasteiger partial charge in [-0.1, -0.05) is 59.9 Å². The highest BCUT2D eigenvalue weighted by Crippen LogP contribution is 2.25. The summed E-state index contributed by atoms with van der Waals surface area (Å²) in [5.41, 5.74) is 12.0. The lowest BCUT2D eigenvalue weighted by Gasteiger charge is -2.12. The SMILES string of the molecule is Cc1ccc2nc(SCC(=O)Nc3ccc(Cc4ccc(NC(=O)CSc5nc6ccc(C)cc6[nH]5)c(C)c4)cc3C)[nH]c2c1. The van der Waals surface area contributed by atoms with Crippen molar-refractivity contribution in [3.8, 4) is 0 Å². The summed E-state index contributed by atoms with van der Waals surface area (Å²) >= 11 is 2.78. The summed E-state index contributed by atoms with van der Waals surface area (Å²) in [6, 6.07) is 24.3. The smallest absolute Gasteiger partial charge is 0.234 e. The summed E-state index contributed by atoms with van der Waals surface area (Å²) in [6.45, 7) is 8.09. The number of aromatic nitrogens is 4. The Morgan fingerprint density at radius 1 is 0.622 bits per heavy atom. The number of amides is 2. The highest BCUT2D eigenvalue weighted by Gasteiger charge is 2.12. The Hall–Kier alpha value is -4.54. The number of carbonyl (C=O) groups excluding carboxylic acids is 2. The lowest BCUT2D eigenvalue weighted by Crippen LogP contribution is -2.15. The number of hydrogen-bond donors (Lipinski definition) is 4. The average molecular weight is 635 g/mol. The molecule has 0 spiro atoms. The zero-order valence-electron chi connectivity index (χ0n) is 25.6. The number of nitrogens with one attached hydrogen (secondary N) is 4. The third-order valence-corrected chi connectivity index (χ3v) is 9.20. The summed E-state index contributed by atoms with van der Waals surface area (Å²) in [4.78, 5) is 41.0. The number of aromatic amines is 2. The van der Waals surface area contributed by atoms with Crippen LogP contribution >= 0.6 is 23.5 Å². The van der Waals surface area contributed by atoms with Crippen molar-refractivity contribution >= 4 is 68.8 Å². The molecule has 0 saturated heterocycles. The van der Waals surface area contributed by atoms with Crippen molar-refractivity contribution in [3.63, 3.8) is 0 Å². The quantitative estimate of drug-likeness (QED) is 0.115. The Morgan fingerprint density at radius 3 is 1.49 bits per heavy atom. The van der Waals surface area contributed by atoms with E-state index in [9.17, 15) is 9.59 Å². The molecule has 0 fully saturated rings. The van der Waals surface area contributed by atoms with Crippen LogP contribution in [0.4, 0.5) is 11.4 Å². The van der Waals surface area contributed by atoms with Gasteiger partial charge in [0.15, 0.2) is 10.3 Å². The zero-order chi connectivity index (χ0) is 31.5. The minimum Gasteiger partial charge on any atom is -0.333 e. The second-order valence-electron chi connectivity index (χ2n) is 11.3. The first-order valence-corrected chi connectivity index (χ1v) is 16.6. The highest BCUT2D eigenvalue weighted by atomic mass is 32.2. The van der Waals surface area contributed by atoms with E-state index in [1.807, 2.05) is 76.2 Å². The molecule has 2 amide bonds. The van der Waals surface area contributed by atoms with Crippen LogP contribution in [-0.2, 0) is 16.0 Å². The first-order chi connectivity index (χ1) is 21.7. The second-order valence-corrected chi connectivity index (χ2v) is 13.2. The summed E-state index contributed by atoms with van der Waals surface area (Å²) in [5.74, 6) is 0.375. The molecule has 2 aromatic heterocycles. The van der Waals surface area contributed by atoms with E-state index in [0.717, 1.165) is 83.6 Å². The van der Waals surface area contributed by atoms with Crippen LogP contribution in [0.3, 0.4) is 0 Å². The minimum absolute atomic E-state index is 0.0770. The van der Waals surface area contributed by atoms with Gasteiger partial charge >= 0.3 is 0 Å². The number of nitrogens with zero attached hydrogens (tertiary/aromatic N) is 2. The standard InChI is InChI=1S/C35H34N6O2S2/c1-20-5-9-28-30(13-20)40-34(38-28)44-18-32(42)36-26-11-7-24(15-22(26)3)17-25-8-12-27(23(4)16-25)37-33(43)19-45-35-39-29-10-6-21(2)14-31(29)41-35/h5-16H,17-19H2,1-4H3,(H,36,42)(H,37,43)(H,38,40)(H,39,41). The molecule has 0 saturated carbocycles. The van der Waals surface area contributed by atoms with Gasteiger partial charge in [-0.05, 0) is 104 Å². The first-order valence-electron chi connectivity index (χ1n) is 14.7. The maximum absolute atomic E-state index is 12.7. The minimum atomic E-state index is -0.0770. The number of imidazole rings is 2. The Balaban J connectivity index is 0.997. The topological polar surface area (TPSA) is 116 Å². The number of benzene rings is 4. The molecular weight excluding hydrogens is 601 g/mol. The van der Waals surface area contributed by atoms with Crippen molar-refractivity contribution in [2.75, 3.05) is 22.1 Å². The second kappa shape index (κ2) is 13.2. The molecule has 0 bridgehead atoms. The van der Waals surface area contributed by atoms with Crippen LogP contribution in [-0.4, -0.2) is 43.3 Å². The normalized spacial score (nSPS) is 11.3. The van der Waals surface area contributed by atoms with E-state index in [0.29, 0.717) is 0 Å². The van der Waals surface area contributed by atoms with Crippen molar-refractivity contribution in [2.45, 2.75) is 44.4 Å². The number of thioether (sulfide) groups is 2. The van der Waals surface area contributed by atoms with E-state index in [4.69, 9.17) is 0 Å². The van der Waals surface area contributed by atoms with Crippen LogP contribution in [0.25, 0.3) is 22.1 Å². The monoisotopic (exact) mass is 634 g/mol. The van der Waals surface area contributed by atoms with Gasteiger partial charge in [0.05, 0.1) is 33.6 Å². The Labute approximate surface area is 270 Å². The van der Waals surface area contributed by atoms with Crippen molar-refractivity contribution in [2.24, 2.45) is 0 Å². The molecule has 6 rings (SSSR count). The summed E-state index contributed by atoms with van der Waals surface area (Å²) in [6.07, 6.45) is 0.743. The molecule has 4 aromatic carbocycles. The molecule has 0 atom stereocenters. The van der Waals surface area contributed by atoms with E-state index in [1.165, 1.54) is 23.5 Å². The van der Waals surface area contributed by atoms with Gasteiger partial charge in [0.25, 0.3) is 0 Å². The van der Waals surface area contributed by atoms with Crippen LogP contribution in [0.1, 0.15) is 33.4 Å². The molecule has 0 aliphatic carbocycles. The molecule has 10 heteroatoms. The molecule has 0 unspecified atom stereocenters. The molecule has 45 heavy (non-hydrogen) atoms. The average Bonchev–Trinajstić information content (AvgIpc) is 3.60. The molecule has 228 valence electrons. The van der Waals surface area contributed by atoms with Gasteiger partial charge in [0.2, 0.25) is 11.8 Å². The van der Waals surface area contributed by atoms with Gasteiger partial charge in [-0.25, -0.2) is 9.97 Å². The molecule has 4 N–H and O–H groups in total. The third-order valence-electron chi connectivity index (χ3n) is 7.45. The van der Waals surface area contributed by atoms with Crippen LogP contribution in [0.15, 0.2) is 83.1 Å². The zero-order valence-corrected chi connectivity index (χ0v) is 27.2. The van der Waals surface area contributed by atoms with E-state index in [2.05, 4.69) is 54.8 Å². The van der Waals surface area contributed by atoms with Gasteiger partial charge < -0.3 is 20.6 Å². The predicted molar refractivity (Wildman–Crippen MR) is 186 cm³/mol. The van der Waals surface area contributed by atoms with Crippen molar-refractivity contribution in [3.05, 3.63) is 106 Å². The lowest BCUT2D eigenvalue weighted by atomic mass is 10.00. The fourth-order valence-corrected chi connectivity index (χ4v) is 6.53. The Bertz CT molecular complexity index is 1900. The third kappa shape index (κ3) is 7.58. The number of rotatable bonds is 10. The fraction of sp³-hybridized carbons (Fsp3) is 0.200. The van der Waals surface area contributed by atoms with E-state index >= 15 is 0 Å². The maximum Gasteiger partial charge on any atom is 0.234 e. The molecular formula is C35H34N6O2S2. The highest BCUT2D eigenvalue weighted by molar-refractivity contribution is 8.00. The molecule has 2 heterocycles. The fourth-order valence-electron chi connectivity index (χ4n) is 5.16. The van der Waals surface area contributed by atoms with Gasteiger partial charge in [0.1, 0.15) is 0 Å². The largest absolute Gasteiger partial charge is 0.333 e.